The Bertz CT molecular complexity index is 894. The highest BCUT2D eigenvalue weighted by Gasteiger charge is 2.25. The third-order valence-electron chi connectivity index (χ3n) is 5.02. The number of nitrogens with zero attached hydrogens (tertiary/aromatic N) is 1. The molecule has 0 amide bonds. The van der Waals surface area contributed by atoms with Crippen LogP contribution < -0.4 is 0 Å². The van der Waals surface area contributed by atoms with Gasteiger partial charge in [-0.2, -0.15) is 0 Å². The number of halogens is 4. The molecular weight excluding hydrogens is 402 g/mol. The quantitative estimate of drug-likeness (QED) is 0.406. The third kappa shape index (κ3) is 5.38. The van der Waals surface area contributed by atoms with Crippen LogP contribution in [0.1, 0.15) is 24.0 Å². The molecule has 2 aromatic rings. The van der Waals surface area contributed by atoms with Crippen LogP contribution in [-0.2, 0) is 9.53 Å². The van der Waals surface area contributed by atoms with Crippen LogP contribution in [0, 0.1) is 29.2 Å². The van der Waals surface area contributed by atoms with Crippen LogP contribution in [0.3, 0.4) is 0 Å². The molecule has 0 radical (unpaired) electrons. The minimum absolute atomic E-state index is 0.00653. The van der Waals surface area contributed by atoms with Crippen LogP contribution in [0.2, 0.25) is 0 Å². The van der Waals surface area contributed by atoms with E-state index in [-0.39, 0.29) is 23.3 Å². The summed E-state index contributed by atoms with van der Waals surface area (Å²) in [4.78, 5) is 13.1. The lowest BCUT2D eigenvalue weighted by Crippen LogP contribution is -2.40. The minimum atomic E-state index is -0.908. The van der Waals surface area contributed by atoms with E-state index in [1.807, 2.05) is 4.90 Å². The largest absolute Gasteiger partial charge is 0.499 e. The zero-order valence-electron chi connectivity index (χ0n) is 16.1. The van der Waals surface area contributed by atoms with Gasteiger partial charge in [0.25, 0.3) is 0 Å². The van der Waals surface area contributed by atoms with Crippen LogP contribution in [0.25, 0.3) is 5.57 Å². The Hall–Kier alpha value is -2.87. The molecule has 1 aliphatic rings. The summed E-state index contributed by atoms with van der Waals surface area (Å²) in [6, 6.07) is 5.73. The molecule has 2 aromatic carbocycles. The molecule has 1 fully saturated rings. The average Bonchev–Trinajstić information content (AvgIpc) is 2.70. The highest BCUT2D eigenvalue weighted by Crippen LogP contribution is 2.29. The maximum atomic E-state index is 14.3. The van der Waals surface area contributed by atoms with E-state index in [1.54, 1.807) is 0 Å². The molecule has 8 heteroatoms. The first-order chi connectivity index (χ1) is 14.3. The molecule has 160 valence electrons. The van der Waals surface area contributed by atoms with E-state index in [0.717, 1.165) is 43.5 Å². The second kappa shape index (κ2) is 9.75. The molecule has 0 aliphatic carbocycles. The van der Waals surface area contributed by atoms with Crippen molar-refractivity contribution in [1.29, 1.82) is 0 Å². The maximum Gasteiger partial charge on any atom is 0.307 e. The van der Waals surface area contributed by atoms with Crippen LogP contribution in [0.5, 0.6) is 0 Å². The van der Waals surface area contributed by atoms with E-state index < -0.39 is 35.2 Å². The lowest BCUT2D eigenvalue weighted by atomic mass is 9.98. The molecule has 1 N–H and O–H groups in total. The monoisotopic (exact) mass is 423 g/mol. The fraction of sp³-hybridized carbons (Fsp3) is 0.318. The van der Waals surface area contributed by atoms with Crippen molar-refractivity contribution in [2.45, 2.75) is 12.8 Å². The highest BCUT2D eigenvalue weighted by atomic mass is 19.1. The summed E-state index contributed by atoms with van der Waals surface area (Å²) in [7, 11) is 0. The SMILES string of the molecule is O=C(O)C1CCCN(CCOC=C(c2ccc(F)cc2F)c2ccc(F)cc2F)C1. The Morgan fingerprint density at radius 3 is 2.20 bits per heavy atom. The molecule has 3 rings (SSSR count). The fourth-order valence-corrected chi connectivity index (χ4v) is 3.47. The summed E-state index contributed by atoms with van der Waals surface area (Å²) in [6.45, 7) is 1.74. The standard InChI is InChI=1S/C22H21F4NO3/c23-15-3-5-17(20(25)10-15)19(18-6-4-16(24)11-21(18)26)13-30-9-8-27-7-1-2-14(12-27)22(28)29/h3-6,10-11,13-14H,1-2,7-9,12H2,(H,28,29). The summed E-state index contributed by atoms with van der Waals surface area (Å²) in [5.41, 5.74) is -0.177. The molecule has 1 aliphatic heterocycles. The van der Waals surface area contributed by atoms with Crippen molar-refractivity contribution >= 4 is 11.5 Å². The molecule has 30 heavy (non-hydrogen) atoms. The van der Waals surface area contributed by atoms with Crippen molar-refractivity contribution in [2.24, 2.45) is 5.92 Å². The molecule has 1 heterocycles. The number of aliphatic carboxylic acids is 1. The van der Waals surface area contributed by atoms with Gasteiger partial charge in [0, 0.05) is 41.9 Å². The van der Waals surface area contributed by atoms with Crippen molar-refractivity contribution in [3.63, 3.8) is 0 Å². The minimum Gasteiger partial charge on any atom is -0.499 e. The molecule has 0 saturated carbocycles. The molecule has 1 unspecified atom stereocenters. The number of hydrogen-bond acceptors (Lipinski definition) is 3. The Balaban J connectivity index is 1.77. The summed E-state index contributed by atoms with van der Waals surface area (Å²) in [5.74, 6) is -4.64. The number of benzene rings is 2. The second-order valence-electron chi connectivity index (χ2n) is 7.13. The zero-order valence-corrected chi connectivity index (χ0v) is 16.1. The van der Waals surface area contributed by atoms with Gasteiger partial charge >= 0.3 is 5.97 Å². The Kier molecular flexibility index (Phi) is 7.10. The number of likely N-dealkylation sites (tertiary alicyclic amines) is 1. The van der Waals surface area contributed by atoms with Gasteiger partial charge in [-0.1, -0.05) is 0 Å². The van der Waals surface area contributed by atoms with Crippen molar-refractivity contribution in [3.8, 4) is 0 Å². The lowest BCUT2D eigenvalue weighted by molar-refractivity contribution is -0.143. The van der Waals surface area contributed by atoms with E-state index in [4.69, 9.17) is 9.84 Å². The summed E-state index contributed by atoms with van der Waals surface area (Å²) in [6.07, 6.45) is 2.55. The summed E-state index contributed by atoms with van der Waals surface area (Å²) < 4.78 is 60.7. The van der Waals surface area contributed by atoms with E-state index in [1.165, 1.54) is 0 Å². The van der Waals surface area contributed by atoms with Gasteiger partial charge in [-0.25, -0.2) is 17.6 Å². The van der Waals surface area contributed by atoms with Gasteiger partial charge in [-0.3, -0.25) is 9.69 Å². The van der Waals surface area contributed by atoms with Gasteiger partial charge < -0.3 is 9.84 Å². The number of carbonyl (C=O) groups is 1. The number of ether oxygens (including phenoxy) is 1. The smallest absolute Gasteiger partial charge is 0.307 e. The van der Waals surface area contributed by atoms with Gasteiger partial charge in [0.05, 0.1) is 12.2 Å². The van der Waals surface area contributed by atoms with Gasteiger partial charge in [0.1, 0.15) is 29.9 Å². The van der Waals surface area contributed by atoms with Gasteiger partial charge in [-0.05, 0) is 43.7 Å². The predicted molar refractivity (Wildman–Crippen MR) is 103 cm³/mol. The van der Waals surface area contributed by atoms with E-state index in [2.05, 4.69) is 0 Å². The predicted octanol–water partition coefficient (Wildman–Crippen LogP) is 4.45. The molecule has 1 atom stereocenters. The zero-order chi connectivity index (χ0) is 21.7. The first-order valence-corrected chi connectivity index (χ1v) is 9.53. The summed E-state index contributed by atoms with van der Waals surface area (Å²) in [5, 5.41) is 9.15. The van der Waals surface area contributed by atoms with Crippen molar-refractivity contribution in [1.82, 2.24) is 4.90 Å². The molecule has 0 aromatic heterocycles. The van der Waals surface area contributed by atoms with Crippen LogP contribution in [0.4, 0.5) is 17.6 Å². The van der Waals surface area contributed by atoms with Crippen LogP contribution in [0.15, 0.2) is 42.7 Å². The topological polar surface area (TPSA) is 49.8 Å². The second-order valence-corrected chi connectivity index (χ2v) is 7.13. The molecular formula is C22H21F4NO3. The fourth-order valence-electron chi connectivity index (χ4n) is 3.47. The summed E-state index contributed by atoms with van der Waals surface area (Å²) >= 11 is 0. The Morgan fingerprint density at radius 1 is 1.07 bits per heavy atom. The highest BCUT2D eigenvalue weighted by molar-refractivity contribution is 5.79. The Morgan fingerprint density at radius 2 is 1.67 bits per heavy atom. The van der Waals surface area contributed by atoms with Crippen LogP contribution in [-0.4, -0.2) is 42.2 Å². The number of carboxylic acids is 1. The van der Waals surface area contributed by atoms with Crippen molar-refractivity contribution in [2.75, 3.05) is 26.2 Å². The number of carboxylic acid groups (broad SMARTS) is 1. The van der Waals surface area contributed by atoms with Crippen molar-refractivity contribution < 1.29 is 32.2 Å². The first-order valence-electron chi connectivity index (χ1n) is 9.53. The number of rotatable bonds is 7. The molecule has 0 bridgehead atoms. The van der Waals surface area contributed by atoms with Crippen LogP contribution >= 0.6 is 0 Å². The van der Waals surface area contributed by atoms with E-state index in [9.17, 15) is 22.4 Å². The normalized spacial score (nSPS) is 16.9. The third-order valence-corrected chi connectivity index (χ3v) is 5.02. The van der Waals surface area contributed by atoms with E-state index in [0.29, 0.717) is 31.6 Å². The van der Waals surface area contributed by atoms with Gasteiger partial charge in [-0.15, -0.1) is 0 Å². The lowest BCUT2D eigenvalue weighted by Gasteiger charge is -2.30. The van der Waals surface area contributed by atoms with Gasteiger partial charge in [0.15, 0.2) is 0 Å². The molecule has 0 spiro atoms. The van der Waals surface area contributed by atoms with Crippen molar-refractivity contribution in [3.05, 3.63) is 77.1 Å². The molecule has 4 nitrogen and oxygen atoms in total. The average molecular weight is 423 g/mol. The number of hydrogen-bond donors (Lipinski definition) is 1. The first kappa shape index (κ1) is 21.8. The number of piperidine rings is 1. The van der Waals surface area contributed by atoms with E-state index >= 15 is 0 Å². The maximum absolute atomic E-state index is 14.3. The Labute approximate surface area is 171 Å². The van der Waals surface area contributed by atoms with Gasteiger partial charge in [0.2, 0.25) is 0 Å². The molecule has 1 saturated heterocycles.